The Labute approximate surface area is 225 Å². The van der Waals surface area contributed by atoms with E-state index in [9.17, 15) is 4.79 Å². The molecule has 1 amide bonds. The van der Waals surface area contributed by atoms with Gasteiger partial charge in [0, 0.05) is 65.6 Å². The van der Waals surface area contributed by atoms with Crippen LogP contribution in [0.5, 0.6) is 0 Å². The molecule has 3 aromatic carbocycles. The Balaban J connectivity index is 1.17. The average molecular weight is 538 g/mol. The van der Waals surface area contributed by atoms with E-state index in [1.165, 1.54) is 11.9 Å². The number of benzene rings is 3. The van der Waals surface area contributed by atoms with E-state index < -0.39 is 0 Å². The lowest BCUT2D eigenvalue weighted by Gasteiger charge is -2.22. The Morgan fingerprint density at radius 1 is 0.917 bits per heavy atom. The van der Waals surface area contributed by atoms with Gasteiger partial charge in [-0.05, 0) is 78.5 Å². The van der Waals surface area contributed by atoms with Gasteiger partial charge in [0.2, 0.25) is 0 Å². The van der Waals surface area contributed by atoms with E-state index in [-0.39, 0.29) is 5.91 Å². The SMILES string of the molecule is O=C(c1ccc(NSc2cccc3cccnc23)cc1)N1CCCN(Cc2cc(Cl)cc(Cl)c2)CC1. The number of para-hydroxylation sites is 1. The Morgan fingerprint density at radius 2 is 1.69 bits per heavy atom. The van der Waals surface area contributed by atoms with Crippen molar-refractivity contribution in [2.75, 3.05) is 30.9 Å². The fraction of sp³-hybridized carbons (Fsp3) is 0.214. The molecule has 0 atom stereocenters. The smallest absolute Gasteiger partial charge is 0.253 e. The molecule has 1 saturated heterocycles. The number of rotatable bonds is 6. The Kier molecular flexibility index (Phi) is 7.97. The van der Waals surface area contributed by atoms with Crippen molar-refractivity contribution in [3.8, 4) is 0 Å². The second-order valence-electron chi connectivity index (χ2n) is 8.81. The molecule has 36 heavy (non-hydrogen) atoms. The van der Waals surface area contributed by atoms with Crippen molar-refractivity contribution in [3.63, 3.8) is 0 Å². The van der Waals surface area contributed by atoms with Crippen molar-refractivity contribution in [2.45, 2.75) is 17.9 Å². The second kappa shape index (κ2) is 11.5. The number of fused-ring (bicyclic) bond motifs is 1. The largest absolute Gasteiger partial charge is 0.337 e. The van der Waals surface area contributed by atoms with Gasteiger partial charge in [-0.2, -0.15) is 0 Å². The molecule has 0 bridgehead atoms. The Hall–Kier alpha value is -2.77. The molecule has 1 aromatic heterocycles. The molecule has 1 aliphatic rings. The molecule has 0 radical (unpaired) electrons. The summed E-state index contributed by atoms with van der Waals surface area (Å²) in [6.45, 7) is 3.95. The number of hydrogen-bond donors (Lipinski definition) is 1. The maximum Gasteiger partial charge on any atom is 0.253 e. The second-order valence-corrected chi connectivity index (χ2v) is 10.5. The van der Waals surface area contributed by atoms with Crippen LogP contribution in [0, 0.1) is 0 Å². The van der Waals surface area contributed by atoms with Crippen LogP contribution in [0.1, 0.15) is 22.3 Å². The zero-order chi connectivity index (χ0) is 24.9. The molecule has 0 unspecified atom stereocenters. The molecular formula is C28H26Cl2N4OS. The monoisotopic (exact) mass is 536 g/mol. The Bertz CT molecular complexity index is 1340. The van der Waals surface area contributed by atoms with Gasteiger partial charge in [0.1, 0.15) is 0 Å². The average Bonchev–Trinajstić information content (AvgIpc) is 3.12. The number of aromatic nitrogens is 1. The minimum Gasteiger partial charge on any atom is -0.337 e. The van der Waals surface area contributed by atoms with Crippen molar-refractivity contribution in [1.82, 2.24) is 14.8 Å². The molecule has 184 valence electrons. The topological polar surface area (TPSA) is 48.5 Å². The summed E-state index contributed by atoms with van der Waals surface area (Å²) < 4.78 is 3.37. The minimum absolute atomic E-state index is 0.0695. The summed E-state index contributed by atoms with van der Waals surface area (Å²) in [5.41, 5.74) is 3.70. The van der Waals surface area contributed by atoms with Crippen LogP contribution in [0.4, 0.5) is 5.69 Å². The lowest BCUT2D eigenvalue weighted by atomic mass is 10.2. The zero-order valence-corrected chi connectivity index (χ0v) is 22.0. The van der Waals surface area contributed by atoms with Crippen molar-refractivity contribution >= 4 is 57.6 Å². The van der Waals surface area contributed by atoms with Gasteiger partial charge < -0.3 is 9.62 Å². The van der Waals surface area contributed by atoms with Gasteiger partial charge in [-0.1, -0.05) is 41.4 Å². The van der Waals surface area contributed by atoms with E-state index in [1.54, 1.807) is 6.07 Å². The summed E-state index contributed by atoms with van der Waals surface area (Å²) in [6, 6.07) is 23.5. The number of anilines is 1. The van der Waals surface area contributed by atoms with Crippen molar-refractivity contribution in [3.05, 3.63) is 100 Å². The van der Waals surface area contributed by atoms with E-state index >= 15 is 0 Å². The number of pyridine rings is 1. The summed E-state index contributed by atoms with van der Waals surface area (Å²) >= 11 is 13.8. The van der Waals surface area contributed by atoms with Crippen molar-refractivity contribution in [2.24, 2.45) is 0 Å². The van der Waals surface area contributed by atoms with Gasteiger partial charge >= 0.3 is 0 Å². The highest BCUT2D eigenvalue weighted by Gasteiger charge is 2.20. The summed E-state index contributed by atoms with van der Waals surface area (Å²) in [5.74, 6) is 0.0695. The lowest BCUT2D eigenvalue weighted by molar-refractivity contribution is 0.0761. The maximum atomic E-state index is 13.2. The molecule has 4 aromatic rings. The van der Waals surface area contributed by atoms with Crippen LogP contribution in [-0.2, 0) is 6.54 Å². The molecule has 5 nitrogen and oxygen atoms in total. The zero-order valence-electron chi connectivity index (χ0n) is 19.7. The number of halogens is 2. The number of nitrogens with one attached hydrogen (secondary N) is 1. The van der Waals surface area contributed by atoms with Crippen LogP contribution in [0.25, 0.3) is 10.9 Å². The third kappa shape index (κ3) is 6.13. The summed E-state index contributed by atoms with van der Waals surface area (Å²) in [4.78, 5) is 23.0. The number of carbonyl (C=O) groups is 1. The highest BCUT2D eigenvalue weighted by atomic mass is 35.5. The molecule has 8 heteroatoms. The minimum atomic E-state index is 0.0695. The van der Waals surface area contributed by atoms with E-state index in [1.807, 2.05) is 59.6 Å². The fourth-order valence-corrected chi connectivity index (χ4v) is 5.78. The molecule has 2 heterocycles. The maximum absolute atomic E-state index is 13.2. The first-order chi connectivity index (χ1) is 17.5. The standard InChI is InChI=1S/C28H26Cl2N4OS/c29-23-16-20(17-24(30)18-23)19-33-12-3-13-34(15-14-33)28(35)22-7-9-25(10-8-22)32-36-26-6-1-4-21-5-2-11-31-27(21)26/h1-2,4-11,16-18,32H,3,12-15,19H2. The van der Waals surface area contributed by atoms with E-state index in [0.29, 0.717) is 22.2 Å². The number of amides is 1. The van der Waals surface area contributed by atoms with E-state index in [4.69, 9.17) is 23.2 Å². The van der Waals surface area contributed by atoms with Gasteiger partial charge in [-0.25, -0.2) is 0 Å². The summed E-state index contributed by atoms with van der Waals surface area (Å²) in [6.07, 6.45) is 2.73. The van der Waals surface area contributed by atoms with Crippen LogP contribution in [0.15, 0.2) is 83.9 Å². The molecule has 5 rings (SSSR count). The van der Waals surface area contributed by atoms with Crippen molar-refractivity contribution in [1.29, 1.82) is 0 Å². The van der Waals surface area contributed by atoms with Gasteiger partial charge in [0.25, 0.3) is 5.91 Å². The van der Waals surface area contributed by atoms with Crippen LogP contribution in [-0.4, -0.2) is 46.9 Å². The third-order valence-corrected chi connectivity index (χ3v) is 7.53. The van der Waals surface area contributed by atoms with Gasteiger partial charge in [-0.3, -0.25) is 14.7 Å². The molecule has 1 fully saturated rings. The summed E-state index contributed by atoms with van der Waals surface area (Å²) in [5, 5.41) is 2.40. The van der Waals surface area contributed by atoms with Crippen LogP contribution in [0.2, 0.25) is 10.0 Å². The lowest BCUT2D eigenvalue weighted by Crippen LogP contribution is -2.35. The van der Waals surface area contributed by atoms with Gasteiger partial charge in [0.15, 0.2) is 0 Å². The Morgan fingerprint density at radius 3 is 2.50 bits per heavy atom. The van der Waals surface area contributed by atoms with Gasteiger partial charge in [0.05, 0.1) is 10.4 Å². The van der Waals surface area contributed by atoms with Crippen molar-refractivity contribution < 1.29 is 4.79 Å². The number of hydrogen-bond acceptors (Lipinski definition) is 5. The fourth-order valence-electron chi connectivity index (χ4n) is 4.43. The number of nitrogens with zero attached hydrogens (tertiary/aromatic N) is 3. The van der Waals surface area contributed by atoms with Crippen LogP contribution < -0.4 is 4.72 Å². The molecule has 0 aliphatic carbocycles. The predicted molar refractivity (Wildman–Crippen MR) is 150 cm³/mol. The molecule has 0 saturated carbocycles. The normalized spacial score (nSPS) is 14.6. The summed E-state index contributed by atoms with van der Waals surface area (Å²) in [7, 11) is 0. The first-order valence-corrected chi connectivity index (χ1v) is 13.5. The predicted octanol–water partition coefficient (Wildman–Crippen LogP) is 7.01. The first kappa shape index (κ1) is 24.9. The number of carbonyl (C=O) groups excluding carboxylic acids is 1. The van der Waals surface area contributed by atoms with Crippen LogP contribution >= 0.6 is 35.1 Å². The third-order valence-electron chi connectivity index (χ3n) is 6.21. The highest BCUT2D eigenvalue weighted by Crippen LogP contribution is 2.27. The van der Waals surface area contributed by atoms with Gasteiger partial charge in [-0.15, -0.1) is 0 Å². The highest BCUT2D eigenvalue weighted by molar-refractivity contribution is 8.00. The van der Waals surface area contributed by atoms with Crippen LogP contribution in [0.3, 0.4) is 0 Å². The molecular weight excluding hydrogens is 511 g/mol. The molecule has 1 N–H and O–H groups in total. The molecule has 0 spiro atoms. The van der Waals surface area contributed by atoms with E-state index in [2.05, 4.69) is 32.8 Å². The quantitative estimate of drug-likeness (QED) is 0.268. The molecule has 1 aliphatic heterocycles. The van der Waals surface area contributed by atoms with E-state index in [0.717, 1.165) is 59.6 Å². The first-order valence-electron chi connectivity index (χ1n) is 11.9.